The fourth-order valence-electron chi connectivity index (χ4n) is 2.73. The van der Waals surface area contributed by atoms with Crippen LogP contribution in [0.15, 0.2) is 21.3 Å². The van der Waals surface area contributed by atoms with Gasteiger partial charge in [0.05, 0.1) is 0 Å². The van der Waals surface area contributed by atoms with E-state index in [1.165, 1.54) is 0 Å². The van der Waals surface area contributed by atoms with Crippen molar-refractivity contribution in [2.45, 2.75) is 25.8 Å². The van der Waals surface area contributed by atoms with Gasteiger partial charge in [0, 0.05) is 49.5 Å². The third-order valence-electron chi connectivity index (χ3n) is 3.95. The van der Waals surface area contributed by atoms with Gasteiger partial charge >= 0.3 is 0 Å². The summed E-state index contributed by atoms with van der Waals surface area (Å²) >= 11 is 1.59. The topological polar surface area (TPSA) is 62.5 Å². The number of piperazine rings is 1. The van der Waals surface area contributed by atoms with Gasteiger partial charge in [0.15, 0.2) is 0 Å². The molecule has 3 rings (SSSR count). The number of hydrogen-bond acceptors (Lipinski definition) is 6. The van der Waals surface area contributed by atoms with Gasteiger partial charge in [0.25, 0.3) is 0 Å². The maximum atomic E-state index is 12.3. The predicted octanol–water partition coefficient (Wildman–Crippen LogP) is 1.89. The van der Waals surface area contributed by atoms with Gasteiger partial charge in [-0.1, -0.05) is 5.16 Å². The molecule has 0 aromatic carbocycles. The molecule has 0 N–H and O–H groups in total. The molecule has 1 amide bonds. The number of hydrogen-bond donors (Lipinski definition) is 0. The molecular formula is C15H20N4O2S. The summed E-state index contributed by atoms with van der Waals surface area (Å²) < 4.78 is 5.23. The van der Waals surface area contributed by atoms with Crippen LogP contribution in [0, 0.1) is 0 Å². The highest BCUT2D eigenvalue weighted by Crippen LogP contribution is 2.19. The smallest absolute Gasteiger partial charge is 0.227 e. The maximum Gasteiger partial charge on any atom is 0.227 e. The van der Waals surface area contributed by atoms with Crippen molar-refractivity contribution in [2.24, 2.45) is 0 Å². The number of aromatic nitrogens is 2. The molecular weight excluding hydrogens is 300 g/mol. The first-order chi connectivity index (χ1) is 10.6. The fraction of sp³-hybridized carbons (Fsp3) is 0.533. The Bertz CT molecular complexity index is 625. The average Bonchev–Trinajstić information content (AvgIpc) is 3.16. The Morgan fingerprint density at radius 2 is 2.36 bits per heavy atom. The van der Waals surface area contributed by atoms with Gasteiger partial charge in [-0.2, -0.15) is 16.3 Å². The molecule has 1 fully saturated rings. The van der Waals surface area contributed by atoms with E-state index in [2.05, 4.69) is 29.0 Å². The molecule has 1 atom stereocenters. The number of aryl methyl sites for hydroxylation is 1. The largest absolute Gasteiger partial charge is 0.339 e. The van der Waals surface area contributed by atoms with Crippen molar-refractivity contribution in [3.05, 3.63) is 22.7 Å². The van der Waals surface area contributed by atoms with Crippen LogP contribution in [-0.2, 0) is 11.2 Å². The van der Waals surface area contributed by atoms with Gasteiger partial charge in [-0.05, 0) is 25.4 Å². The van der Waals surface area contributed by atoms with Gasteiger partial charge in [-0.25, -0.2) is 0 Å². The lowest BCUT2D eigenvalue weighted by molar-refractivity contribution is -0.135. The molecule has 0 spiro atoms. The van der Waals surface area contributed by atoms with Crippen molar-refractivity contribution in [3.8, 4) is 11.4 Å². The minimum atomic E-state index is 0.163. The van der Waals surface area contributed by atoms with Crippen LogP contribution in [0.1, 0.15) is 19.2 Å². The zero-order valence-electron chi connectivity index (χ0n) is 12.9. The molecule has 7 heteroatoms. The van der Waals surface area contributed by atoms with Gasteiger partial charge in [-0.3, -0.25) is 4.79 Å². The number of carbonyl (C=O) groups excluding carboxylic acids is 1. The fourth-order valence-corrected chi connectivity index (χ4v) is 3.37. The SMILES string of the molecule is C[C@@H]1CN(C)CCN1C(=O)CCc1nc(-c2ccsc2)no1. The third-order valence-corrected chi connectivity index (χ3v) is 4.63. The van der Waals surface area contributed by atoms with Crippen LogP contribution < -0.4 is 0 Å². The Labute approximate surface area is 133 Å². The highest BCUT2D eigenvalue weighted by molar-refractivity contribution is 7.08. The highest BCUT2D eigenvalue weighted by Gasteiger charge is 2.25. The molecule has 118 valence electrons. The Morgan fingerprint density at radius 3 is 3.09 bits per heavy atom. The molecule has 3 heterocycles. The number of nitrogens with zero attached hydrogens (tertiary/aromatic N) is 4. The molecule has 1 saturated heterocycles. The van der Waals surface area contributed by atoms with E-state index in [9.17, 15) is 4.79 Å². The van der Waals surface area contributed by atoms with Crippen LogP contribution in [0.5, 0.6) is 0 Å². The molecule has 0 bridgehead atoms. The van der Waals surface area contributed by atoms with E-state index < -0.39 is 0 Å². The summed E-state index contributed by atoms with van der Waals surface area (Å²) in [4.78, 5) is 20.9. The Morgan fingerprint density at radius 1 is 1.50 bits per heavy atom. The lowest BCUT2D eigenvalue weighted by Crippen LogP contribution is -2.52. The lowest BCUT2D eigenvalue weighted by Gasteiger charge is -2.38. The molecule has 0 saturated carbocycles. The molecule has 22 heavy (non-hydrogen) atoms. The van der Waals surface area contributed by atoms with Gasteiger partial charge in [-0.15, -0.1) is 0 Å². The molecule has 1 aliphatic heterocycles. The Hall–Kier alpha value is -1.73. The zero-order valence-corrected chi connectivity index (χ0v) is 13.7. The van der Waals surface area contributed by atoms with Gasteiger partial charge in [0.2, 0.25) is 17.6 Å². The second-order valence-corrected chi connectivity index (χ2v) is 6.50. The Kier molecular flexibility index (Phi) is 4.54. The van der Waals surface area contributed by atoms with Gasteiger partial charge in [0.1, 0.15) is 0 Å². The van der Waals surface area contributed by atoms with Crippen LogP contribution >= 0.6 is 11.3 Å². The predicted molar refractivity (Wildman–Crippen MR) is 84.6 cm³/mol. The molecule has 2 aromatic heterocycles. The van der Waals surface area contributed by atoms with Crippen molar-refractivity contribution < 1.29 is 9.32 Å². The standard InChI is InChI=1S/C15H20N4O2S/c1-11-9-18(2)6-7-19(11)14(20)4-3-13-16-15(17-21-13)12-5-8-22-10-12/h5,8,10-11H,3-4,6-7,9H2,1-2H3/t11-/m1/s1. The second-order valence-electron chi connectivity index (χ2n) is 5.72. The number of thiophene rings is 1. The second kappa shape index (κ2) is 6.58. The van der Waals surface area contributed by atoms with Crippen molar-refractivity contribution in [3.63, 3.8) is 0 Å². The first-order valence-electron chi connectivity index (χ1n) is 7.46. The zero-order chi connectivity index (χ0) is 15.5. The van der Waals surface area contributed by atoms with Crippen LogP contribution in [0.2, 0.25) is 0 Å². The van der Waals surface area contributed by atoms with E-state index in [4.69, 9.17) is 4.52 Å². The van der Waals surface area contributed by atoms with Crippen LogP contribution in [0.25, 0.3) is 11.4 Å². The van der Waals surface area contributed by atoms with Crippen LogP contribution in [-0.4, -0.2) is 58.6 Å². The molecule has 0 radical (unpaired) electrons. The number of rotatable bonds is 4. The summed E-state index contributed by atoms with van der Waals surface area (Å²) in [6, 6.07) is 2.21. The third kappa shape index (κ3) is 3.36. The Balaban J connectivity index is 1.55. The number of carbonyl (C=O) groups is 1. The highest BCUT2D eigenvalue weighted by atomic mass is 32.1. The average molecular weight is 320 g/mol. The van der Waals surface area contributed by atoms with Crippen molar-refractivity contribution in [2.75, 3.05) is 26.7 Å². The molecule has 6 nitrogen and oxygen atoms in total. The van der Waals surface area contributed by atoms with E-state index in [0.717, 1.165) is 25.2 Å². The minimum absolute atomic E-state index is 0.163. The molecule has 0 unspecified atom stereocenters. The van der Waals surface area contributed by atoms with Crippen molar-refractivity contribution >= 4 is 17.2 Å². The van der Waals surface area contributed by atoms with E-state index in [-0.39, 0.29) is 11.9 Å². The summed E-state index contributed by atoms with van der Waals surface area (Å²) in [6.45, 7) is 4.74. The molecule has 1 aliphatic rings. The van der Waals surface area contributed by atoms with E-state index in [0.29, 0.717) is 24.6 Å². The quantitative estimate of drug-likeness (QED) is 0.861. The number of amides is 1. The summed E-state index contributed by atoms with van der Waals surface area (Å²) in [5.41, 5.74) is 0.957. The van der Waals surface area contributed by atoms with E-state index in [1.54, 1.807) is 11.3 Å². The summed E-state index contributed by atoms with van der Waals surface area (Å²) in [6.07, 6.45) is 0.911. The lowest BCUT2D eigenvalue weighted by atomic mass is 10.1. The first kappa shape index (κ1) is 15.2. The minimum Gasteiger partial charge on any atom is -0.339 e. The van der Waals surface area contributed by atoms with E-state index in [1.807, 2.05) is 21.7 Å². The van der Waals surface area contributed by atoms with Crippen molar-refractivity contribution in [1.82, 2.24) is 19.9 Å². The summed E-state index contributed by atoms with van der Waals surface area (Å²) in [7, 11) is 2.09. The van der Waals surface area contributed by atoms with Gasteiger partial charge < -0.3 is 14.3 Å². The van der Waals surface area contributed by atoms with Crippen LogP contribution in [0.3, 0.4) is 0 Å². The molecule has 0 aliphatic carbocycles. The van der Waals surface area contributed by atoms with Crippen molar-refractivity contribution in [1.29, 1.82) is 0 Å². The van der Waals surface area contributed by atoms with E-state index >= 15 is 0 Å². The molecule has 2 aromatic rings. The maximum absolute atomic E-state index is 12.3. The normalized spacial score (nSPS) is 19.5. The first-order valence-corrected chi connectivity index (χ1v) is 8.41. The van der Waals surface area contributed by atoms with Crippen LogP contribution in [0.4, 0.5) is 0 Å². The summed E-state index contributed by atoms with van der Waals surface area (Å²) in [5, 5.41) is 7.92. The summed E-state index contributed by atoms with van der Waals surface area (Å²) in [5.74, 6) is 1.28. The monoisotopic (exact) mass is 320 g/mol. The number of likely N-dealkylation sites (N-methyl/N-ethyl adjacent to an activating group) is 1.